The molecular formula is C31H25Cl2F3N2O4. The molecule has 1 amide bonds. The number of methoxy groups -OCH3 is 1. The fraction of sp³-hybridized carbons (Fsp3) is 0.161. The summed E-state index contributed by atoms with van der Waals surface area (Å²) in [6, 6.07) is 20.5. The number of carboxylic acid groups (broad SMARTS) is 1. The lowest BCUT2D eigenvalue weighted by Gasteiger charge is -2.17. The molecule has 0 heterocycles. The summed E-state index contributed by atoms with van der Waals surface area (Å²) >= 11 is 12.5. The van der Waals surface area contributed by atoms with E-state index >= 15 is 0 Å². The Labute approximate surface area is 250 Å². The molecule has 0 unspecified atom stereocenters. The van der Waals surface area contributed by atoms with Crippen molar-refractivity contribution in [1.82, 2.24) is 5.32 Å². The second-order valence-electron chi connectivity index (χ2n) is 9.24. The number of hydrogen-bond acceptors (Lipinski definition) is 4. The van der Waals surface area contributed by atoms with Crippen LogP contribution in [0.3, 0.4) is 0 Å². The maximum atomic E-state index is 13.6. The molecule has 0 fully saturated rings. The van der Waals surface area contributed by atoms with Crippen molar-refractivity contribution in [2.75, 3.05) is 19.0 Å². The zero-order chi connectivity index (χ0) is 30.4. The summed E-state index contributed by atoms with van der Waals surface area (Å²) in [7, 11) is 1.33. The number of ether oxygens (including phenoxy) is 1. The van der Waals surface area contributed by atoms with Crippen LogP contribution < -0.4 is 15.4 Å². The van der Waals surface area contributed by atoms with E-state index in [-0.39, 0.29) is 36.4 Å². The van der Waals surface area contributed by atoms with Gasteiger partial charge in [0.2, 0.25) is 0 Å². The van der Waals surface area contributed by atoms with Gasteiger partial charge in [-0.25, -0.2) is 0 Å². The molecule has 4 aromatic carbocycles. The predicted octanol–water partition coefficient (Wildman–Crippen LogP) is 8.17. The summed E-state index contributed by atoms with van der Waals surface area (Å²) in [5.41, 5.74) is 2.88. The van der Waals surface area contributed by atoms with Crippen molar-refractivity contribution < 1.29 is 32.6 Å². The lowest BCUT2D eigenvalue weighted by Crippen LogP contribution is -2.26. The van der Waals surface area contributed by atoms with Crippen LogP contribution in [0.1, 0.15) is 27.9 Å². The standard InChI is InChI=1S/C31H25Cl2F3N2O4/c1-42-28-14-19(5-10-25(28)30(41)37-13-12-29(39)40)26-15-21(31(34,35)36)6-2-20(26)17-38-23-9-11-24(27(33)16-23)18-3-7-22(32)8-4-18/h2-11,14-16,38H,12-13,17H2,1H3,(H,37,41)(H,39,40). The zero-order valence-electron chi connectivity index (χ0n) is 22.2. The second kappa shape index (κ2) is 13.2. The topological polar surface area (TPSA) is 87.7 Å². The summed E-state index contributed by atoms with van der Waals surface area (Å²) in [5.74, 6) is -1.51. The van der Waals surface area contributed by atoms with Crippen LogP contribution in [0.15, 0.2) is 78.9 Å². The number of anilines is 1. The second-order valence-corrected chi connectivity index (χ2v) is 10.1. The Balaban J connectivity index is 1.62. The number of carbonyl (C=O) groups excluding carboxylic acids is 1. The van der Waals surface area contributed by atoms with Gasteiger partial charge in [0.25, 0.3) is 5.91 Å². The SMILES string of the molecule is COc1cc(-c2cc(C(F)(F)F)ccc2CNc2ccc(-c3ccc(Cl)cc3)c(Cl)c2)ccc1C(=O)NCCC(=O)O. The van der Waals surface area contributed by atoms with Gasteiger partial charge in [0.15, 0.2) is 0 Å². The van der Waals surface area contributed by atoms with Gasteiger partial charge in [-0.15, -0.1) is 0 Å². The van der Waals surface area contributed by atoms with Gasteiger partial charge in [-0.05, 0) is 70.8 Å². The number of halogens is 5. The highest BCUT2D eigenvalue weighted by molar-refractivity contribution is 6.33. The minimum absolute atomic E-state index is 0.0901. The van der Waals surface area contributed by atoms with Gasteiger partial charge in [-0.3, -0.25) is 9.59 Å². The molecule has 0 aliphatic heterocycles. The van der Waals surface area contributed by atoms with Crippen molar-refractivity contribution in [3.63, 3.8) is 0 Å². The summed E-state index contributed by atoms with van der Waals surface area (Å²) in [6.07, 6.45) is -4.83. The first-order valence-electron chi connectivity index (χ1n) is 12.6. The molecule has 0 bridgehead atoms. The first kappa shape index (κ1) is 30.7. The number of aliphatic carboxylic acids is 1. The first-order chi connectivity index (χ1) is 20.0. The van der Waals surface area contributed by atoms with E-state index in [0.29, 0.717) is 26.9 Å². The fourth-order valence-corrected chi connectivity index (χ4v) is 4.70. The fourth-order valence-electron chi connectivity index (χ4n) is 4.29. The van der Waals surface area contributed by atoms with E-state index in [4.69, 9.17) is 33.0 Å². The maximum Gasteiger partial charge on any atom is 0.416 e. The number of amides is 1. The van der Waals surface area contributed by atoms with E-state index in [2.05, 4.69) is 10.6 Å². The van der Waals surface area contributed by atoms with E-state index in [1.807, 2.05) is 24.3 Å². The van der Waals surface area contributed by atoms with Crippen molar-refractivity contribution in [1.29, 1.82) is 0 Å². The molecule has 0 saturated carbocycles. The highest BCUT2D eigenvalue weighted by Gasteiger charge is 2.31. The van der Waals surface area contributed by atoms with Gasteiger partial charge in [0.1, 0.15) is 5.75 Å². The molecule has 4 aromatic rings. The third kappa shape index (κ3) is 7.54. The number of hydrogen-bond donors (Lipinski definition) is 3. The van der Waals surface area contributed by atoms with E-state index in [9.17, 15) is 22.8 Å². The summed E-state index contributed by atoms with van der Waals surface area (Å²) < 4.78 is 46.3. The Morgan fingerprint density at radius 2 is 1.60 bits per heavy atom. The van der Waals surface area contributed by atoms with Crippen LogP contribution in [-0.2, 0) is 17.5 Å². The smallest absolute Gasteiger partial charge is 0.416 e. The van der Waals surface area contributed by atoms with Gasteiger partial charge in [-0.1, -0.05) is 53.5 Å². The number of alkyl halides is 3. The third-order valence-electron chi connectivity index (χ3n) is 6.43. The highest BCUT2D eigenvalue weighted by atomic mass is 35.5. The van der Waals surface area contributed by atoms with Crippen LogP contribution in [0.4, 0.5) is 18.9 Å². The van der Waals surface area contributed by atoms with Crippen LogP contribution in [0.5, 0.6) is 5.75 Å². The molecule has 3 N–H and O–H groups in total. The molecule has 0 spiro atoms. The molecule has 0 aliphatic carbocycles. The lowest BCUT2D eigenvalue weighted by atomic mass is 9.95. The van der Waals surface area contributed by atoms with E-state index in [0.717, 1.165) is 23.3 Å². The minimum atomic E-state index is -4.57. The molecule has 0 aromatic heterocycles. The van der Waals surface area contributed by atoms with Gasteiger partial charge in [0, 0.05) is 29.4 Å². The predicted molar refractivity (Wildman–Crippen MR) is 157 cm³/mol. The third-order valence-corrected chi connectivity index (χ3v) is 6.99. The van der Waals surface area contributed by atoms with Crippen LogP contribution in [0.25, 0.3) is 22.3 Å². The van der Waals surface area contributed by atoms with Crippen LogP contribution in [-0.4, -0.2) is 30.6 Å². The van der Waals surface area contributed by atoms with E-state index in [1.54, 1.807) is 18.2 Å². The Morgan fingerprint density at radius 1 is 0.881 bits per heavy atom. The van der Waals surface area contributed by atoms with Crippen molar-refractivity contribution >= 4 is 40.8 Å². The van der Waals surface area contributed by atoms with Crippen LogP contribution >= 0.6 is 23.2 Å². The monoisotopic (exact) mass is 616 g/mol. The van der Waals surface area contributed by atoms with Crippen molar-refractivity contribution in [3.8, 4) is 28.0 Å². The maximum absolute atomic E-state index is 13.6. The normalized spacial score (nSPS) is 11.2. The lowest BCUT2D eigenvalue weighted by molar-refractivity contribution is -0.138. The average Bonchev–Trinajstić information content (AvgIpc) is 2.95. The van der Waals surface area contributed by atoms with Crippen molar-refractivity contribution in [3.05, 3.63) is 106 Å². The van der Waals surface area contributed by atoms with Gasteiger partial charge in [0.05, 0.1) is 29.7 Å². The molecule has 4 rings (SSSR count). The molecule has 42 heavy (non-hydrogen) atoms. The van der Waals surface area contributed by atoms with Crippen molar-refractivity contribution in [2.24, 2.45) is 0 Å². The van der Waals surface area contributed by atoms with Gasteiger partial charge in [-0.2, -0.15) is 13.2 Å². The Kier molecular flexibility index (Phi) is 9.65. The summed E-state index contributed by atoms with van der Waals surface area (Å²) in [5, 5.41) is 15.6. The average molecular weight is 617 g/mol. The molecule has 0 radical (unpaired) electrons. The largest absolute Gasteiger partial charge is 0.496 e. The molecule has 0 saturated heterocycles. The molecule has 6 nitrogen and oxygen atoms in total. The molecule has 11 heteroatoms. The Hall–Kier alpha value is -4.21. The van der Waals surface area contributed by atoms with E-state index < -0.39 is 23.6 Å². The van der Waals surface area contributed by atoms with Gasteiger partial charge >= 0.3 is 12.1 Å². The Bertz CT molecular complexity index is 1610. The Morgan fingerprint density at radius 3 is 2.24 bits per heavy atom. The summed E-state index contributed by atoms with van der Waals surface area (Å²) in [4.78, 5) is 23.3. The number of carbonyl (C=O) groups is 2. The number of benzene rings is 4. The first-order valence-corrected chi connectivity index (χ1v) is 13.4. The summed E-state index contributed by atoms with van der Waals surface area (Å²) in [6.45, 7) is 0.0804. The van der Waals surface area contributed by atoms with Crippen molar-refractivity contribution in [2.45, 2.75) is 19.1 Å². The van der Waals surface area contributed by atoms with Crippen LogP contribution in [0.2, 0.25) is 10.0 Å². The minimum Gasteiger partial charge on any atom is -0.496 e. The van der Waals surface area contributed by atoms with E-state index in [1.165, 1.54) is 31.4 Å². The van der Waals surface area contributed by atoms with Gasteiger partial charge < -0.3 is 20.5 Å². The molecule has 0 atom stereocenters. The van der Waals surface area contributed by atoms with Crippen LogP contribution in [0, 0.1) is 0 Å². The molecular weight excluding hydrogens is 592 g/mol. The quantitative estimate of drug-likeness (QED) is 0.167. The number of rotatable bonds is 10. The zero-order valence-corrected chi connectivity index (χ0v) is 23.7. The number of nitrogens with one attached hydrogen (secondary N) is 2. The molecule has 218 valence electrons. The molecule has 0 aliphatic rings. The highest BCUT2D eigenvalue weighted by Crippen LogP contribution is 2.37. The number of carboxylic acids is 1.